The maximum absolute atomic E-state index is 6.16. The van der Waals surface area contributed by atoms with Gasteiger partial charge in [-0.05, 0) is 79.4 Å². The van der Waals surface area contributed by atoms with E-state index in [0.29, 0.717) is 5.82 Å². The summed E-state index contributed by atoms with van der Waals surface area (Å²) < 4.78 is 24.4. The van der Waals surface area contributed by atoms with Crippen molar-refractivity contribution in [3.63, 3.8) is 0 Å². The Morgan fingerprint density at radius 3 is 1.49 bits per heavy atom. The zero-order chi connectivity index (χ0) is 25.2. The van der Waals surface area contributed by atoms with Crippen LogP contribution >= 0.6 is 0 Å². The molecule has 1 unspecified atom stereocenters. The van der Waals surface area contributed by atoms with Gasteiger partial charge in [-0.3, -0.25) is 0 Å². The maximum atomic E-state index is 6.16. The average Bonchev–Trinajstić information content (AvgIpc) is 3.12. The lowest BCUT2D eigenvalue weighted by Crippen LogP contribution is -2.41. The molecule has 2 heterocycles. The van der Waals surface area contributed by atoms with Gasteiger partial charge < -0.3 is 18.6 Å². The molecule has 4 fully saturated rings. The molecule has 2 saturated heterocycles. The predicted molar refractivity (Wildman–Crippen MR) is 151 cm³/mol. The largest absolute Gasteiger partial charge is 0.461 e. The first-order valence-corrected chi connectivity index (χ1v) is 14.5. The van der Waals surface area contributed by atoms with Crippen molar-refractivity contribution in [2.45, 2.75) is 175 Å². The molecule has 4 nitrogen and oxygen atoms in total. The number of rotatable bonds is 5. The molecule has 0 bridgehead atoms. The third kappa shape index (κ3) is 7.74. The summed E-state index contributed by atoms with van der Waals surface area (Å²) in [5.74, 6) is 2.23. The van der Waals surface area contributed by atoms with Crippen molar-refractivity contribution in [2.75, 3.05) is 0 Å². The van der Waals surface area contributed by atoms with E-state index in [1.54, 1.807) is 0 Å². The summed E-state index contributed by atoms with van der Waals surface area (Å²) in [6.07, 6.45) is 16.3. The van der Waals surface area contributed by atoms with E-state index in [0.717, 1.165) is 18.2 Å². The highest BCUT2D eigenvalue weighted by atomic mass is 16.7. The quantitative estimate of drug-likeness (QED) is 0.360. The first kappa shape index (κ1) is 31.2. The highest BCUT2D eigenvalue weighted by Crippen LogP contribution is 2.44. The predicted octanol–water partition coefficient (Wildman–Crippen LogP) is 8.73. The second kappa shape index (κ2) is 12.2. The van der Waals surface area contributed by atoms with Crippen LogP contribution in [0.4, 0.5) is 0 Å². The van der Waals surface area contributed by atoms with Crippen LogP contribution in [-0.4, -0.2) is 36.6 Å². The fourth-order valence-corrected chi connectivity index (χ4v) is 5.92. The van der Waals surface area contributed by atoms with Crippen LogP contribution in [0.15, 0.2) is 0 Å². The van der Waals surface area contributed by atoms with Gasteiger partial charge in [-0.15, -0.1) is 0 Å². The van der Waals surface area contributed by atoms with Crippen molar-refractivity contribution >= 4 is 14.2 Å². The smallest absolute Gasteiger partial charge is 0.403 e. The second-order valence-corrected chi connectivity index (χ2v) is 13.6. The van der Waals surface area contributed by atoms with Gasteiger partial charge in [0.15, 0.2) is 0 Å². The van der Waals surface area contributed by atoms with Crippen molar-refractivity contribution in [1.82, 2.24) is 0 Å². The van der Waals surface area contributed by atoms with E-state index in [4.69, 9.17) is 18.6 Å². The summed E-state index contributed by atoms with van der Waals surface area (Å²) in [6.45, 7) is 19.4. The Bertz CT molecular complexity index is 605. The highest BCUT2D eigenvalue weighted by molar-refractivity contribution is 6.47. The molecule has 2 aliphatic carbocycles. The van der Waals surface area contributed by atoms with Crippen molar-refractivity contribution in [1.29, 1.82) is 0 Å². The molecular weight excluding hydrogens is 434 g/mol. The van der Waals surface area contributed by atoms with Gasteiger partial charge in [0, 0.05) is 0 Å². The summed E-state index contributed by atoms with van der Waals surface area (Å²) in [7, 11) is 0.00465. The van der Waals surface area contributed by atoms with E-state index in [-0.39, 0.29) is 44.1 Å². The maximum Gasteiger partial charge on any atom is 0.461 e. The third-order valence-corrected chi connectivity index (χ3v) is 9.93. The Hall–Kier alpha value is -0.0301. The monoisotopic (exact) mass is 492 g/mol. The molecule has 0 spiro atoms. The molecule has 4 aliphatic rings. The molecule has 2 aliphatic heterocycles. The minimum Gasteiger partial charge on any atom is -0.403 e. The highest BCUT2D eigenvalue weighted by Gasteiger charge is 2.54. The van der Waals surface area contributed by atoms with E-state index in [1.165, 1.54) is 70.6 Å². The van der Waals surface area contributed by atoms with Crippen molar-refractivity contribution < 1.29 is 18.6 Å². The molecule has 35 heavy (non-hydrogen) atoms. The van der Waals surface area contributed by atoms with Crippen molar-refractivity contribution in [3.8, 4) is 0 Å². The fraction of sp³-hybridized carbons (Fsp3) is 1.00. The van der Waals surface area contributed by atoms with Crippen LogP contribution in [0.1, 0.15) is 140 Å². The number of hydrogen-bond donors (Lipinski definition) is 0. The molecule has 0 amide bonds. The summed E-state index contributed by atoms with van der Waals surface area (Å²) >= 11 is 0. The minimum atomic E-state index is -0.180. The zero-order valence-corrected chi connectivity index (χ0v) is 24.0. The molecule has 0 radical (unpaired) electrons. The third-order valence-electron chi connectivity index (χ3n) is 9.93. The minimum absolute atomic E-state index is 0. The van der Waals surface area contributed by atoms with Crippen LogP contribution in [0.2, 0.25) is 12.1 Å². The van der Waals surface area contributed by atoms with E-state index < -0.39 is 0 Å². The van der Waals surface area contributed by atoms with Gasteiger partial charge in [-0.2, -0.15) is 0 Å². The topological polar surface area (TPSA) is 36.9 Å². The molecule has 4 rings (SSSR count). The lowest BCUT2D eigenvalue weighted by Gasteiger charge is -2.32. The Morgan fingerprint density at radius 2 is 1.03 bits per heavy atom. The Kier molecular flexibility index (Phi) is 10.9. The lowest BCUT2D eigenvalue weighted by atomic mass is 9.62. The van der Waals surface area contributed by atoms with Crippen molar-refractivity contribution in [2.24, 2.45) is 11.8 Å². The lowest BCUT2D eigenvalue weighted by molar-refractivity contribution is 0.00578. The normalized spacial score (nSPS) is 28.7. The van der Waals surface area contributed by atoms with Crippen molar-refractivity contribution in [3.05, 3.63) is 0 Å². The average molecular weight is 492 g/mol. The second-order valence-electron chi connectivity index (χ2n) is 13.6. The Labute approximate surface area is 219 Å². The summed E-state index contributed by atoms with van der Waals surface area (Å²) in [4.78, 5) is 0. The van der Waals surface area contributed by atoms with E-state index in [1.807, 2.05) is 0 Å². The van der Waals surface area contributed by atoms with Crippen LogP contribution in [0.25, 0.3) is 0 Å². The van der Waals surface area contributed by atoms with Gasteiger partial charge in [-0.1, -0.05) is 85.0 Å². The van der Waals surface area contributed by atoms with E-state index >= 15 is 0 Å². The van der Waals surface area contributed by atoms with E-state index in [9.17, 15) is 0 Å². The molecular formula is C29H58B2O4. The molecule has 0 aromatic heterocycles. The van der Waals surface area contributed by atoms with Crippen LogP contribution in [0, 0.1) is 11.8 Å². The molecule has 204 valence electrons. The van der Waals surface area contributed by atoms with Crippen LogP contribution < -0.4 is 0 Å². The summed E-state index contributed by atoms with van der Waals surface area (Å²) in [5.41, 5.74) is -0.685. The molecule has 2 saturated carbocycles. The first-order chi connectivity index (χ1) is 15.7. The Balaban J connectivity index is 0.000000240. The van der Waals surface area contributed by atoms with Gasteiger partial charge in [0.25, 0.3) is 0 Å². The van der Waals surface area contributed by atoms with Gasteiger partial charge in [-0.25, -0.2) is 0 Å². The molecule has 6 heteroatoms. The Morgan fingerprint density at radius 1 is 0.629 bits per heavy atom. The van der Waals surface area contributed by atoms with Gasteiger partial charge >= 0.3 is 14.2 Å². The molecule has 1 atom stereocenters. The first-order valence-electron chi connectivity index (χ1n) is 14.5. The fourth-order valence-electron chi connectivity index (χ4n) is 5.92. The number of hydrogen-bond acceptors (Lipinski definition) is 4. The SMILES string of the molecule is C.CC(B1OC(C)(C)C(C)(C)O1)C1CCCCC1.CC1(C)OB(CCC2CCCCC2)OC1(C)C. The van der Waals surface area contributed by atoms with Gasteiger partial charge in [0.2, 0.25) is 0 Å². The van der Waals surface area contributed by atoms with Crippen LogP contribution in [-0.2, 0) is 18.6 Å². The standard InChI is InChI=1S/2C14H27BO2.CH4/c1-11(12-9-7-6-8-10-12)15-16-13(2,3)14(4,5)17-15;1-13(2)14(3,4)17-15(16-13)11-10-12-8-6-5-7-9-12;/h11-12H,6-10H2,1-5H3;12H,5-11H2,1-4H3;1H4. The summed E-state index contributed by atoms with van der Waals surface area (Å²) in [6, 6.07) is 0. The van der Waals surface area contributed by atoms with E-state index in [2.05, 4.69) is 62.3 Å². The van der Waals surface area contributed by atoms with Crippen LogP contribution in [0.5, 0.6) is 0 Å². The molecule has 0 aromatic carbocycles. The summed E-state index contributed by atoms with van der Waals surface area (Å²) in [5, 5.41) is 0. The molecule has 0 aromatic rings. The molecule has 0 N–H and O–H groups in total. The van der Waals surface area contributed by atoms with Gasteiger partial charge in [0.1, 0.15) is 0 Å². The van der Waals surface area contributed by atoms with Gasteiger partial charge in [0.05, 0.1) is 22.4 Å². The van der Waals surface area contributed by atoms with Crippen LogP contribution in [0.3, 0.4) is 0 Å². The zero-order valence-electron chi connectivity index (χ0n) is 24.0.